The van der Waals surface area contributed by atoms with Crippen molar-refractivity contribution in [1.29, 1.82) is 0 Å². The second-order valence-electron chi connectivity index (χ2n) is 11.1. The summed E-state index contributed by atoms with van der Waals surface area (Å²) in [6, 6.07) is 22.7. The zero-order chi connectivity index (χ0) is 36.0. The molecule has 0 heterocycles. The summed E-state index contributed by atoms with van der Waals surface area (Å²) in [5.41, 5.74) is 22.4. The van der Waals surface area contributed by atoms with Crippen LogP contribution >= 0.6 is 25.3 Å². The molecule has 0 bridgehead atoms. The smallest absolute Gasteiger partial charge is 0.416 e. The van der Waals surface area contributed by atoms with E-state index in [0.29, 0.717) is 30.5 Å². The number of alkyl halides is 3. The molecule has 0 aromatic heterocycles. The molecule has 0 spiro atoms. The maximum Gasteiger partial charge on any atom is 0.416 e. The van der Waals surface area contributed by atoms with Gasteiger partial charge in [0.2, 0.25) is 0 Å². The molecule has 8 N–H and O–H groups in total. The molecule has 11 heteroatoms. The number of nitrogens with two attached hydrogens (primary N) is 4. The fraction of sp³-hybridized carbons (Fsp3) is 0.514. The number of ether oxygens (including phenoxy) is 2. The van der Waals surface area contributed by atoms with Crippen LogP contribution in [0.3, 0.4) is 0 Å². The van der Waals surface area contributed by atoms with Crippen molar-refractivity contribution in [2.45, 2.75) is 102 Å². The first kappa shape index (κ1) is 45.6. The van der Waals surface area contributed by atoms with E-state index in [1.54, 1.807) is 6.07 Å². The zero-order valence-corrected chi connectivity index (χ0v) is 30.5. The molecular formula is C37H59F3N4O2S2. The van der Waals surface area contributed by atoms with Crippen molar-refractivity contribution in [3.63, 3.8) is 0 Å². The second kappa shape index (κ2) is 29.5. The maximum absolute atomic E-state index is 12.1. The van der Waals surface area contributed by atoms with Crippen LogP contribution < -0.4 is 32.4 Å². The minimum absolute atomic E-state index is 0.00694. The molecule has 3 rings (SSSR count). The number of thiol groups is 2. The highest BCUT2D eigenvalue weighted by Crippen LogP contribution is 2.29. The molecular weight excluding hydrogens is 654 g/mol. The Morgan fingerprint density at radius 2 is 1.31 bits per heavy atom. The Balaban J connectivity index is 0.000000657. The zero-order valence-electron chi connectivity index (χ0n) is 28.7. The van der Waals surface area contributed by atoms with E-state index in [1.807, 2.05) is 61.5 Å². The van der Waals surface area contributed by atoms with Crippen LogP contribution in [0.25, 0.3) is 0 Å². The normalized spacial score (nSPS) is 11.8. The van der Waals surface area contributed by atoms with Gasteiger partial charge in [-0.15, -0.1) is 0 Å². The molecule has 0 saturated carbocycles. The van der Waals surface area contributed by atoms with Crippen molar-refractivity contribution in [3.8, 4) is 11.5 Å². The summed E-state index contributed by atoms with van der Waals surface area (Å²) >= 11 is 8.07. The second-order valence-corrected chi connectivity index (χ2v) is 12.7. The number of hydrogen-bond donors (Lipinski definition) is 6. The Hall–Kier alpha value is -2.41. The molecule has 0 aliphatic heterocycles. The van der Waals surface area contributed by atoms with Crippen LogP contribution in [0, 0.1) is 0 Å². The van der Waals surface area contributed by atoms with Crippen molar-refractivity contribution in [2.75, 3.05) is 19.8 Å². The SMILES string of the molecule is CC(S)CC(N)S.CCCCCCCCCCOc1ccccc1CN.NCCOc1ccccc1.NCc1cccc(C(F)(F)F)c1. The van der Waals surface area contributed by atoms with Gasteiger partial charge in [-0.2, -0.15) is 38.4 Å². The topological polar surface area (TPSA) is 123 Å². The van der Waals surface area contributed by atoms with E-state index in [-0.39, 0.29) is 11.9 Å². The molecule has 0 amide bonds. The van der Waals surface area contributed by atoms with Gasteiger partial charge in [0.15, 0.2) is 0 Å². The number of benzene rings is 3. The summed E-state index contributed by atoms with van der Waals surface area (Å²) < 4.78 is 47.2. The highest BCUT2D eigenvalue weighted by molar-refractivity contribution is 7.81. The van der Waals surface area contributed by atoms with Crippen molar-refractivity contribution < 1.29 is 22.6 Å². The lowest BCUT2D eigenvalue weighted by atomic mass is 10.1. The highest BCUT2D eigenvalue weighted by Gasteiger charge is 2.30. The molecule has 0 aliphatic carbocycles. The number of hydrogen-bond acceptors (Lipinski definition) is 8. The van der Waals surface area contributed by atoms with E-state index in [1.165, 1.54) is 51.0 Å². The molecule has 2 unspecified atom stereocenters. The summed E-state index contributed by atoms with van der Waals surface area (Å²) in [5.74, 6) is 1.83. The van der Waals surface area contributed by atoms with Crippen molar-refractivity contribution in [1.82, 2.24) is 0 Å². The largest absolute Gasteiger partial charge is 0.493 e. The van der Waals surface area contributed by atoms with Crippen LogP contribution in [-0.2, 0) is 19.3 Å². The van der Waals surface area contributed by atoms with E-state index in [0.717, 1.165) is 48.6 Å². The van der Waals surface area contributed by atoms with E-state index in [4.69, 9.17) is 32.4 Å². The van der Waals surface area contributed by atoms with Crippen LogP contribution in [0.2, 0.25) is 0 Å². The molecule has 2 atom stereocenters. The summed E-state index contributed by atoms with van der Waals surface area (Å²) in [6.07, 6.45) is 7.24. The first-order valence-corrected chi connectivity index (χ1v) is 17.8. The number of rotatable bonds is 17. The monoisotopic (exact) mass is 712 g/mol. The Labute approximate surface area is 298 Å². The average Bonchev–Trinajstić information content (AvgIpc) is 3.07. The Kier molecular flexibility index (Phi) is 28.0. The average molecular weight is 713 g/mol. The van der Waals surface area contributed by atoms with E-state index < -0.39 is 11.7 Å². The quantitative estimate of drug-likeness (QED) is 0.0473. The van der Waals surface area contributed by atoms with Gasteiger partial charge in [-0.3, -0.25) is 0 Å². The first-order valence-electron chi connectivity index (χ1n) is 16.7. The van der Waals surface area contributed by atoms with Gasteiger partial charge in [-0.05, 0) is 42.7 Å². The summed E-state index contributed by atoms with van der Waals surface area (Å²) in [6.45, 7) is 6.90. The molecule has 272 valence electrons. The van der Waals surface area contributed by atoms with E-state index >= 15 is 0 Å². The Morgan fingerprint density at radius 3 is 1.83 bits per heavy atom. The molecule has 0 aliphatic rings. The first-order chi connectivity index (χ1) is 23.0. The van der Waals surface area contributed by atoms with Gasteiger partial charge < -0.3 is 32.4 Å². The Bertz CT molecular complexity index is 1150. The van der Waals surface area contributed by atoms with Gasteiger partial charge in [0.25, 0.3) is 0 Å². The minimum atomic E-state index is -4.27. The third-order valence-corrected chi connectivity index (χ3v) is 7.07. The van der Waals surface area contributed by atoms with Gasteiger partial charge >= 0.3 is 6.18 Å². The highest BCUT2D eigenvalue weighted by atomic mass is 32.1. The molecule has 0 radical (unpaired) electrons. The van der Waals surface area contributed by atoms with Gasteiger partial charge in [0.1, 0.15) is 18.1 Å². The van der Waals surface area contributed by atoms with Crippen molar-refractivity contribution in [2.24, 2.45) is 22.9 Å². The number of para-hydroxylation sites is 2. The lowest BCUT2D eigenvalue weighted by Gasteiger charge is -2.09. The minimum Gasteiger partial charge on any atom is -0.493 e. The molecule has 0 saturated heterocycles. The molecule has 3 aromatic carbocycles. The van der Waals surface area contributed by atoms with Gasteiger partial charge in [-0.25, -0.2) is 0 Å². The van der Waals surface area contributed by atoms with Crippen LogP contribution in [0.15, 0.2) is 78.9 Å². The summed E-state index contributed by atoms with van der Waals surface area (Å²) in [5, 5.41) is 0.361. The lowest BCUT2D eigenvalue weighted by molar-refractivity contribution is -0.137. The van der Waals surface area contributed by atoms with Gasteiger partial charge in [-0.1, -0.05) is 113 Å². The molecule has 3 aromatic rings. The van der Waals surface area contributed by atoms with Crippen LogP contribution in [0.4, 0.5) is 13.2 Å². The predicted octanol–water partition coefficient (Wildman–Crippen LogP) is 8.76. The molecule has 6 nitrogen and oxygen atoms in total. The Morgan fingerprint density at radius 1 is 0.708 bits per heavy atom. The third-order valence-electron chi connectivity index (χ3n) is 6.65. The number of halogens is 3. The fourth-order valence-corrected chi connectivity index (χ4v) is 4.86. The lowest BCUT2D eigenvalue weighted by Crippen LogP contribution is -2.15. The van der Waals surface area contributed by atoms with Gasteiger partial charge in [0, 0.05) is 35.8 Å². The van der Waals surface area contributed by atoms with Crippen LogP contribution in [0.5, 0.6) is 11.5 Å². The molecule has 48 heavy (non-hydrogen) atoms. The van der Waals surface area contributed by atoms with E-state index in [9.17, 15) is 13.2 Å². The van der Waals surface area contributed by atoms with Crippen LogP contribution in [0.1, 0.15) is 88.3 Å². The summed E-state index contributed by atoms with van der Waals surface area (Å²) in [7, 11) is 0. The fourth-order valence-electron chi connectivity index (χ4n) is 4.15. The standard InChI is InChI=1S/C17H29NO.C8H8F3N.C8H11NO.C4H11NS2/c1-2-3-4-5-6-7-8-11-14-19-17-13-10-9-12-16(17)15-18;9-8(10,11)7-3-1-2-6(4-7)5-12;9-6-7-10-8-4-2-1-3-5-8;1-3(6)2-4(5)7/h9-10,12-13H,2-8,11,14-15,18H2,1H3;1-4H,5,12H2;1-5H,6-7,9H2;3-4,6-7H,2,5H2,1H3. The van der Waals surface area contributed by atoms with E-state index in [2.05, 4.69) is 32.2 Å². The van der Waals surface area contributed by atoms with Crippen LogP contribution in [-0.4, -0.2) is 30.4 Å². The number of unbranched alkanes of at least 4 members (excludes halogenated alkanes) is 7. The maximum atomic E-state index is 12.1. The summed E-state index contributed by atoms with van der Waals surface area (Å²) in [4.78, 5) is 0. The molecule has 0 fully saturated rings. The third kappa shape index (κ3) is 25.6. The van der Waals surface area contributed by atoms with Gasteiger partial charge in [0.05, 0.1) is 12.2 Å². The van der Waals surface area contributed by atoms with Crippen molar-refractivity contribution in [3.05, 3.63) is 95.6 Å². The predicted molar refractivity (Wildman–Crippen MR) is 203 cm³/mol. The van der Waals surface area contributed by atoms with Crippen molar-refractivity contribution >= 4 is 25.3 Å².